The number of hydrogen-bond acceptors (Lipinski definition) is 7. The van der Waals surface area contributed by atoms with E-state index in [9.17, 15) is 4.79 Å². The van der Waals surface area contributed by atoms with Crippen molar-refractivity contribution in [2.75, 3.05) is 20.3 Å². The predicted octanol–water partition coefficient (Wildman–Crippen LogP) is 5.23. The molecule has 1 fully saturated rings. The number of nitrogens with zero attached hydrogens (tertiary/aromatic N) is 2. The molecule has 36 heavy (non-hydrogen) atoms. The Morgan fingerprint density at radius 3 is 2.28 bits per heavy atom. The molecule has 0 spiro atoms. The van der Waals surface area contributed by atoms with Gasteiger partial charge in [0.05, 0.1) is 24.2 Å². The van der Waals surface area contributed by atoms with Gasteiger partial charge >= 0.3 is 5.97 Å². The lowest BCUT2D eigenvalue weighted by molar-refractivity contribution is -0.144. The second kappa shape index (κ2) is 11.9. The van der Waals surface area contributed by atoms with Gasteiger partial charge in [-0.3, -0.25) is 4.79 Å². The van der Waals surface area contributed by atoms with E-state index < -0.39 is 0 Å². The number of nitriles is 1. The highest BCUT2D eigenvalue weighted by Gasteiger charge is 2.45. The fourth-order valence-corrected chi connectivity index (χ4v) is 3.89. The van der Waals surface area contributed by atoms with Gasteiger partial charge in [0.15, 0.2) is 0 Å². The van der Waals surface area contributed by atoms with Crippen LogP contribution in [0.3, 0.4) is 0 Å². The van der Waals surface area contributed by atoms with E-state index in [-0.39, 0.29) is 24.4 Å². The molecule has 0 N–H and O–H groups in total. The molecule has 4 rings (SSSR count). The topological polar surface area (TPSA) is 90.1 Å². The third kappa shape index (κ3) is 6.42. The van der Waals surface area contributed by atoms with Gasteiger partial charge in [-0.05, 0) is 66.8 Å². The molecule has 7 heteroatoms. The van der Waals surface area contributed by atoms with Crippen molar-refractivity contribution in [3.63, 3.8) is 0 Å². The standard InChI is InChI=1S/C29H28N2O5/c1-3-34-29(32)27-16-26(27)22-10-14-25(15-11-22)35-18-21-6-12-24(13-7-21)36-19-28(31-33-2)23-8-4-20(17-30)5-9-23/h4-15,26-27H,3,16,18-19H2,1-2H3. The van der Waals surface area contributed by atoms with Gasteiger partial charge in [0, 0.05) is 5.56 Å². The van der Waals surface area contributed by atoms with Crippen LogP contribution in [0.4, 0.5) is 0 Å². The number of esters is 1. The quantitative estimate of drug-likeness (QED) is 0.210. The fraction of sp³-hybridized carbons (Fsp3) is 0.276. The van der Waals surface area contributed by atoms with E-state index in [4.69, 9.17) is 24.3 Å². The van der Waals surface area contributed by atoms with Crippen molar-refractivity contribution in [3.05, 3.63) is 95.1 Å². The summed E-state index contributed by atoms with van der Waals surface area (Å²) in [6.07, 6.45) is 0.847. The highest BCUT2D eigenvalue weighted by atomic mass is 16.6. The highest BCUT2D eigenvalue weighted by molar-refractivity contribution is 6.01. The SMILES string of the molecule is CCOC(=O)C1CC1c1ccc(OCc2ccc(OCC(=NOC)c3ccc(C#N)cc3)cc2)cc1. The summed E-state index contributed by atoms with van der Waals surface area (Å²) >= 11 is 0. The Labute approximate surface area is 210 Å². The number of carbonyl (C=O) groups is 1. The van der Waals surface area contributed by atoms with Crippen LogP contribution in [-0.4, -0.2) is 32.0 Å². The number of oxime groups is 1. The molecule has 0 aliphatic heterocycles. The van der Waals surface area contributed by atoms with E-state index in [1.54, 1.807) is 12.1 Å². The smallest absolute Gasteiger partial charge is 0.309 e. The first-order chi connectivity index (χ1) is 17.6. The monoisotopic (exact) mass is 484 g/mol. The van der Waals surface area contributed by atoms with Gasteiger partial charge in [-0.1, -0.05) is 41.6 Å². The second-order valence-corrected chi connectivity index (χ2v) is 8.40. The third-order valence-corrected chi connectivity index (χ3v) is 5.94. The van der Waals surface area contributed by atoms with Gasteiger partial charge < -0.3 is 19.0 Å². The minimum atomic E-state index is -0.105. The van der Waals surface area contributed by atoms with Crippen molar-refractivity contribution in [2.24, 2.45) is 11.1 Å². The van der Waals surface area contributed by atoms with Crippen LogP contribution < -0.4 is 9.47 Å². The van der Waals surface area contributed by atoms with Gasteiger partial charge in [-0.15, -0.1) is 0 Å². The Kier molecular flexibility index (Phi) is 8.20. The van der Waals surface area contributed by atoms with Gasteiger partial charge in [-0.2, -0.15) is 5.26 Å². The van der Waals surface area contributed by atoms with E-state index in [0.717, 1.165) is 28.9 Å². The first-order valence-electron chi connectivity index (χ1n) is 11.8. The maximum absolute atomic E-state index is 11.9. The van der Waals surface area contributed by atoms with Crippen LogP contribution in [0.5, 0.6) is 11.5 Å². The summed E-state index contributed by atoms with van der Waals surface area (Å²) in [5.41, 5.74) is 4.17. The van der Waals surface area contributed by atoms with E-state index in [0.29, 0.717) is 30.2 Å². The van der Waals surface area contributed by atoms with Crippen molar-refractivity contribution in [1.82, 2.24) is 0 Å². The molecule has 0 saturated heterocycles. The van der Waals surface area contributed by atoms with Crippen molar-refractivity contribution >= 4 is 11.7 Å². The molecule has 1 aliphatic carbocycles. The van der Waals surface area contributed by atoms with E-state index in [2.05, 4.69) is 11.2 Å². The van der Waals surface area contributed by atoms with Crippen LogP contribution in [0.25, 0.3) is 0 Å². The zero-order valence-electron chi connectivity index (χ0n) is 20.3. The van der Waals surface area contributed by atoms with Crippen LogP contribution in [0.15, 0.2) is 78.0 Å². The van der Waals surface area contributed by atoms with Gasteiger partial charge in [0.2, 0.25) is 0 Å². The summed E-state index contributed by atoms with van der Waals surface area (Å²) in [4.78, 5) is 16.8. The Balaban J connectivity index is 1.26. The molecule has 1 saturated carbocycles. The van der Waals surface area contributed by atoms with Crippen LogP contribution in [-0.2, 0) is 21.0 Å². The molecule has 2 unspecified atom stereocenters. The van der Waals surface area contributed by atoms with Crippen molar-refractivity contribution in [2.45, 2.75) is 25.9 Å². The van der Waals surface area contributed by atoms with Gasteiger partial charge in [0.25, 0.3) is 0 Å². The first-order valence-corrected chi connectivity index (χ1v) is 11.8. The molecule has 7 nitrogen and oxygen atoms in total. The molecule has 0 aromatic heterocycles. The molecule has 0 radical (unpaired) electrons. The zero-order valence-corrected chi connectivity index (χ0v) is 20.3. The summed E-state index contributed by atoms with van der Waals surface area (Å²) in [6.45, 7) is 2.90. The normalized spacial score (nSPS) is 16.5. The largest absolute Gasteiger partial charge is 0.489 e. The summed E-state index contributed by atoms with van der Waals surface area (Å²) < 4.78 is 16.9. The first kappa shape index (κ1) is 24.8. The number of benzene rings is 3. The van der Waals surface area contributed by atoms with Crippen LogP contribution >= 0.6 is 0 Å². The lowest BCUT2D eigenvalue weighted by atomic mass is 10.1. The summed E-state index contributed by atoms with van der Waals surface area (Å²) in [5, 5.41) is 13.0. The van der Waals surface area contributed by atoms with E-state index >= 15 is 0 Å². The fourth-order valence-electron chi connectivity index (χ4n) is 3.89. The zero-order chi connectivity index (χ0) is 25.3. The molecular formula is C29H28N2O5. The summed E-state index contributed by atoms with van der Waals surface area (Å²) in [5.74, 6) is 1.60. The van der Waals surface area contributed by atoms with Crippen LogP contribution in [0, 0.1) is 17.2 Å². The molecular weight excluding hydrogens is 456 g/mol. The predicted molar refractivity (Wildman–Crippen MR) is 135 cm³/mol. The molecule has 184 valence electrons. The third-order valence-electron chi connectivity index (χ3n) is 5.94. The Bertz CT molecular complexity index is 1230. The second-order valence-electron chi connectivity index (χ2n) is 8.40. The van der Waals surface area contributed by atoms with Crippen molar-refractivity contribution in [1.29, 1.82) is 5.26 Å². The average molecular weight is 485 g/mol. The van der Waals surface area contributed by atoms with Crippen molar-refractivity contribution < 1.29 is 23.8 Å². The Morgan fingerprint density at radius 1 is 0.972 bits per heavy atom. The summed E-state index contributed by atoms with van der Waals surface area (Å²) in [6, 6.07) is 24.8. The maximum atomic E-state index is 11.9. The molecule has 0 amide bonds. The number of carbonyl (C=O) groups excluding carboxylic acids is 1. The lowest BCUT2D eigenvalue weighted by Crippen LogP contribution is -2.13. The number of hydrogen-bond donors (Lipinski definition) is 0. The van der Waals surface area contributed by atoms with Gasteiger partial charge in [-0.25, -0.2) is 0 Å². The Hall–Kier alpha value is -4.31. The van der Waals surface area contributed by atoms with Crippen LogP contribution in [0.1, 0.15) is 41.5 Å². The molecule has 3 aromatic carbocycles. The maximum Gasteiger partial charge on any atom is 0.309 e. The minimum absolute atomic E-state index is 0.0154. The van der Waals surface area contributed by atoms with E-state index in [1.807, 2.05) is 67.6 Å². The number of ether oxygens (including phenoxy) is 3. The lowest BCUT2D eigenvalue weighted by Gasteiger charge is -2.10. The van der Waals surface area contributed by atoms with Crippen LogP contribution in [0.2, 0.25) is 0 Å². The Morgan fingerprint density at radius 2 is 1.64 bits per heavy atom. The molecule has 3 aromatic rings. The molecule has 2 atom stereocenters. The molecule has 1 aliphatic rings. The highest BCUT2D eigenvalue weighted by Crippen LogP contribution is 2.48. The summed E-state index contributed by atoms with van der Waals surface area (Å²) in [7, 11) is 1.48. The minimum Gasteiger partial charge on any atom is -0.489 e. The average Bonchev–Trinajstić information content (AvgIpc) is 3.72. The number of rotatable bonds is 11. The van der Waals surface area contributed by atoms with E-state index in [1.165, 1.54) is 7.11 Å². The molecule has 0 bridgehead atoms. The van der Waals surface area contributed by atoms with Gasteiger partial charge in [0.1, 0.15) is 37.5 Å². The molecule has 0 heterocycles. The van der Waals surface area contributed by atoms with Crippen molar-refractivity contribution in [3.8, 4) is 17.6 Å².